The Morgan fingerprint density at radius 1 is 1.03 bits per heavy atom. The molecule has 37 heavy (non-hydrogen) atoms. The molecule has 3 fully saturated rings. The van der Waals surface area contributed by atoms with E-state index in [2.05, 4.69) is 31.2 Å². The van der Waals surface area contributed by atoms with Gasteiger partial charge in [-0.25, -0.2) is 0 Å². The summed E-state index contributed by atoms with van der Waals surface area (Å²) in [5, 5.41) is 19.9. The Labute approximate surface area is 223 Å². The molecule has 2 unspecified atom stereocenters. The zero-order valence-corrected chi connectivity index (χ0v) is 22.8. The maximum atomic E-state index is 11.1. The third kappa shape index (κ3) is 11.2. The number of aliphatic hydroxyl groups is 1. The molecule has 7 heteroatoms. The highest BCUT2D eigenvalue weighted by Crippen LogP contribution is 2.40. The number of aliphatic carboxylic acids is 1. The van der Waals surface area contributed by atoms with E-state index in [0.717, 1.165) is 77.4 Å². The van der Waals surface area contributed by atoms with E-state index in [-0.39, 0.29) is 43.0 Å². The predicted octanol–water partition coefficient (Wildman–Crippen LogP) is 6.14. The van der Waals surface area contributed by atoms with Crippen molar-refractivity contribution in [1.82, 2.24) is 0 Å². The molecule has 0 aromatic heterocycles. The molecular formula is C30H50O7. The van der Waals surface area contributed by atoms with Crippen LogP contribution in [0.3, 0.4) is 0 Å². The standard InChI is InChI=1S/C30H50O7/c1-2-3-6-13-23(36-29-16-9-11-20-34-29)18-19-24-25(14-7-4-5-8-15-28(32)33)27(22-26(24)31)37-30-17-10-12-21-35-30/h4,7,18-19,23-27,29-31H,2-3,5-6,8-17,20-22H2,1H3,(H,32,33)/t23-,24-,25-,26-,27+,29?,30?/m1/s1. The summed E-state index contributed by atoms with van der Waals surface area (Å²) >= 11 is 0. The van der Waals surface area contributed by atoms with Crippen molar-refractivity contribution in [2.75, 3.05) is 13.2 Å². The maximum absolute atomic E-state index is 11.1. The Bertz CT molecular complexity index is 681. The van der Waals surface area contributed by atoms with Crippen molar-refractivity contribution in [3.8, 4) is 0 Å². The minimum atomic E-state index is -0.757. The number of carboxylic acid groups (broad SMARTS) is 1. The fourth-order valence-electron chi connectivity index (χ4n) is 5.67. The monoisotopic (exact) mass is 522 g/mol. The third-order valence-corrected chi connectivity index (χ3v) is 7.80. The lowest BCUT2D eigenvalue weighted by molar-refractivity contribution is -0.195. The highest BCUT2D eigenvalue weighted by Gasteiger charge is 2.42. The van der Waals surface area contributed by atoms with Crippen LogP contribution in [0.2, 0.25) is 0 Å². The number of hydrogen-bond donors (Lipinski definition) is 2. The maximum Gasteiger partial charge on any atom is 0.303 e. The smallest absolute Gasteiger partial charge is 0.303 e. The van der Waals surface area contributed by atoms with Gasteiger partial charge in [0.05, 0.1) is 18.3 Å². The zero-order valence-electron chi connectivity index (χ0n) is 22.8. The summed E-state index contributed by atoms with van der Waals surface area (Å²) in [7, 11) is 0. The van der Waals surface area contributed by atoms with E-state index in [9.17, 15) is 9.90 Å². The van der Waals surface area contributed by atoms with Crippen molar-refractivity contribution >= 4 is 5.97 Å². The van der Waals surface area contributed by atoms with Crippen LogP contribution in [-0.4, -0.2) is 60.3 Å². The van der Waals surface area contributed by atoms with E-state index in [1.807, 2.05) is 0 Å². The Morgan fingerprint density at radius 3 is 2.46 bits per heavy atom. The average molecular weight is 523 g/mol. The number of allylic oxidation sites excluding steroid dienone is 2. The van der Waals surface area contributed by atoms with Gasteiger partial charge in [0, 0.05) is 32.0 Å². The summed E-state index contributed by atoms with van der Waals surface area (Å²) in [5.41, 5.74) is 0. The van der Waals surface area contributed by atoms with Gasteiger partial charge in [0.15, 0.2) is 12.6 Å². The number of carboxylic acids is 1. The Hall–Kier alpha value is -1.25. The molecule has 2 aliphatic heterocycles. The van der Waals surface area contributed by atoms with Crippen LogP contribution in [0.1, 0.15) is 103 Å². The van der Waals surface area contributed by atoms with Crippen LogP contribution >= 0.6 is 0 Å². The first-order chi connectivity index (χ1) is 18.1. The van der Waals surface area contributed by atoms with Crippen LogP contribution in [0.5, 0.6) is 0 Å². The molecule has 1 aliphatic carbocycles. The van der Waals surface area contributed by atoms with Crippen molar-refractivity contribution in [3.63, 3.8) is 0 Å². The van der Waals surface area contributed by atoms with Gasteiger partial charge in [-0.05, 0) is 70.1 Å². The second-order valence-electron chi connectivity index (χ2n) is 10.9. The van der Waals surface area contributed by atoms with Crippen molar-refractivity contribution < 1.29 is 34.0 Å². The Balaban J connectivity index is 1.65. The molecule has 212 valence electrons. The van der Waals surface area contributed by atoms with Crippen molar-refractivity contribution in [2.45, 2.75) is 134 Å². The molecule has 0 bridgehead atoms. The number of carbonyl (C=O) groups is 1. The normalized spacial score (nSPS) is 31.8. The van der Waals surface area contributed by atoms with Crippen LogP contribution in [0.4, 0.5) is 0 Å². The zero-order chi connectivity index (χ0) is 26.3. The molecule has 3 aliphatic rings. The molecule has 7 nitrogen and oxygen atoms in total. The quantitative estimate of drug-likeness (QED) is 0.186. The molecule has 0 spiro atoms. The third-order valence-electron chi connectivity index (χ3n) is 7.80. The molecule has 0 radical (unpaired) electrons. The molecule has 3 rings (SSSR count). The van der Waals surface area contributed by atoms with Gasteiger partial charge < -0.3 is 29.2 Å². The second-order valence-corrected chi connectivity index (χ2v) is 10.9. The fraction of sp³-hybridized carbons (Fsp3) is 0.833. The molecule has 2 N–H and O–H groups in total. The van der Waals surface area contributed by atoms with Crippen molar-refractivity contribution in [3.05, 3.63) is 24.3 Å². The van der Waals surface area contributed by atoms with Gasteiger partial charge in [-0.3, -0.25) is 4.79 Å². The summed E-state index contributed by atoms with van der Waals surface area (Å²) in [4.78, 5) is 10.8. The number of unbranched alkanes of at least 4 members (excludes halogenated alkanes) is 3. The minimum Gasteiger partial charge on any atom is -0.481 e. The molecule has 0 aromatic carbocycles. The van der Waals surface area contributed by atoms with E-state index in [1.165, 1.54) is 12.8 Å². The summed E-state index contributed by atoms with van der Waals surface area (Å²) in [6.45, 7) is 3.71. The average Bonchev–Trinajstić information content (AvgIpc) is 3.19. The van der Waals surface area contributed by atoms with Crippen LogP contribution in [0.25, 0.3) is 0 Å². The largest absolute Gasteiger partial charge is 0.481 e. The summed E-state index contributed by atoms with van der Waals surface area (Å²) < 4.78 is 24.5. The van der Waals surface area contributed by atoms with Gasteiger partial charge in [0.2, 0.25) is 0 Å². The number of hydrogen-bond acceptors (Lipinski definition) is 6. The van der Waals surface area contributed by atoms with Gasteiger partial charge in [-0.2, -0.15) is 0 Å². The van der Waals surface area contributed by atoms with Gasteiger partial charge in [-0.1, -0.05) is 50.5 Å². The van der Waals surface area contributed by atoms with Gasteiger partial charge in [0.1, 0.15) is 0 Å². The van der Waals surface area contributed by atoms with Crippen molar-refractivity contribution in [2.24, 2.45) is 11.8 Å². The van der Waals surface area contributed by atoms with E-state index in [1.54, 1.807) is 0 Å². The molecule has 0 aromatic rings. The first kappa shape index (κ1) is 30.3. The van der Waals surface area contributed by atoms with E-state index < -0.39 is 12.1 Å². The highest BCUT2D eigenvalue weighted by atomic mass is 16.7. The lowest BCUT2D eigenvalue weighted by Gasteiger charge is -2.30. The first-order valence-electron chi connectivity index (χ1n) is 14.8. The minimum absolute atomic E-state index is 0.0179. The van der Waals surface area contributed by atoms with Crippen LogP contribution in [0.15, 0.2) is 24.3 Å². The summed E-state index contributed by atoms with van der Waals surface area (Å²) in [6.07, 6.45) is 21.3. The molecule has 7 atom stereocenters. The number of aliphatic hydroxyl groups excluding tert-OH is 1. The van der Waals surface area contributed by atoms with Crippen LogP contribution < -0.4 is 0 Å². The lowest BCUT2D eigenvalue weighted by Crippen LogP contribution is -2.31. The lowest BCUT2D eigenvalue weighted by atomic mass is 9.89. The van der Waals surface area contributed by atoms with Crippen molar-refractivity contribution in [1.29, 1.82) is 0 Å². The molecule has 2 saturated heterocycles. The summed E-state index contributed by atoms with van der Waals surface area (Å²) in [6, 6.07) is 0. The van der Waals surface area contributed by atoms with Gasteiger partial charge >= 0.3 is 5.97 Å². The topological polar surface area (TPSA) is 94.5 Å². The number of ether oxygens (including phenoxy) is 4. The van der Waals surface area contributed by atoms with Gasteiger partial charge in [0.25, 0.3) is 0 Å². The number of rotatable bonds is 16. The fourth-order valence-corrected chi connectivity index (χ4v) is 5.67. The Kier molecular flexibility index (Phi) is 14.2. The van der Waals surface area contributed by atoms with E-state index in [4.69, 9.17) is 24.1 Å². The highest BCUT2D eigenvalue weighted by molar-refractivity contribution is 5.66. The molecule has 2 heterocycles. The van der Waals surface area contributed by atoms with Crippen LogP contribution in [0, 0.1) is 11.8 Å². The first-order valence-corrected chi connectivity index (χ1v) is 14.8. The van der Waals surface area contributed by atoms with E-state index in [0.29, 0.717) is 12.8 Å². The van der Waals surface area contributed by atoms with Gasteiger partial charge in [-0.15, -0.1) is 0 Å². The summed E-state index contributed by atoms with van der Waals surface area (Å²) in [5.74, 6) is -0.649. The Morgan fingerprint density at radius 2 is 1.78 bits per heavy atom. The molecule has 1 saturated carbocycles. The SMILES string of the molecule is CCCCC[C@H](C=C[C@@H]1[C@@H](CC=CCCCC(=O)O)[C@@H](OC2CCCCO2)C[C@H]1O)OC1CCCCO1. The van der Waals surface area contributed by atoms with Crippen LogP contribution in [-0.2, 0) is 23.7 Å². The molecule has 0 amide bonds. The predicted molar refractivity (Wildman–Crippen MR) is 143 cm³/mol. The molecular weight excluding hydrogens is 472 g/mol. The second kappa shape index (κ2) is 17.4. The van der Waals surface area contributed by atoms with E-state index >= 15 is 0 Å².